The van der Waals surface area contributed by atoms with E-state index in [-0.39, 0.29) is 11.9 Å². The second-order valence-electron chi connectivity index (χ2n) is 3.63. The van der Waals surface area contributed by atoms with E-state index in [1.165, 1.54) is 5.57 Å². The summed E-state index contributed by atoms with van der Waals surface area (Å²) in [6.07, 6.45) is 3.60. The van der Waals surface area contributed by atoms with Gasteiger partial charge in [-0.3, -0.25) is 0 Å². The van der Waals surface area contributed by atoms with Crippen molar-refractivity contribution in [3.05, 3.63) is 23.0 Å². The molecule has 1 atom stereocenters. The molecular formula is C10H15FN2. The van der Waals surface area contributed by atoms with E-state index in [2.05, 4.69) is 10.6 Å². The normalized spacial score (nSPS) is 28.5. The van der Waals surface area contributed by atoms with Crippen LogP contribution in [0.15, 0.2) is 23.0 Å². The van der Waals surface area contributed by atoms with Crippen molar-refractivity contribution < 1.29 is 4.39 Å². The minimum Gasteiger partial charge on any atom is -0.312 e. The van der Waals surface area contributed by atoms with Gasteiger partial charge in [0.2, 0.25) is 0 Å². The Kier molecular flexibility index (Phi) is 2.47. The summed E-state index contributed by atoms with van der Waals surface area (Å²) >= 11 is 0. The van der Waals surface area contributed by atoms with Crippen LogP contribution < -0.4 is 10.6 Å². The molecule has 0 saturated carbocycles. The lowest BCUT2D eigenvalue weighted by Gasteiger charge is -2.27. The number of hydrogen-bond acceptors (Lipinski definition) is 2. The first-order valence-electron chi connectivity index (χ1n) is 4.77. The topological polar surface area (TPSA) is 24.1 Å². The number of hydrogen-bond donors (Lipinski definition) is 2. The van der Waals surface area contributed by atoms with Gasteiger partial charge < -0.3 is 10.6 Å². The average Bonchev–Trinajstić information content (AvgIpc) is 2.17. The quantitative estimate of drug-likeness (QED) is 0.635. The summed E-state index contributed by atoms with van der Waals surface area (Å²) < 4.78 is 13.4. The summed E-state index contributed by atoms with van der Waals surface area (Å²) in [5.74, 6) is -0.0232. The molecule has 3 heteroatoms. The highest BCUT2D eigenvalue weighted by molar-refractivity contribution is 5.37. The highest BCUT2D eigenvalue weighted by atomic mass is 19.1. The molecule has 0 spiro atoms. The summed E-state index contributed by atoms with van der Waals surface area (Å²) in [5.41, 5.74) is 2.58. The van der Waals surface area contributed by atoms with Crippen molar-refractivity contribution in [3.8, 4) is 0 Å². The molecule has 1 aliphatic carbocycles. The first-order valence-corrected chi connectivity index (χ1v) is 4.77. The summed E-state index contributed by atoms with van der Waals surface area (Å²) in [6, 6.07) is -0.0863. The van der Waals surface area contributed by atoms with Crippen LogP contribution in [0.3, 0.4) is 0 Å². The Hall–Kier alpha value is -0.670. The van der Waals surface area contributed by atoms with Gasteiger partial charge in [-0.25, -0.2) is 4.39 Å². The molecule has 0 saturated heterocycles. The zero-order chi connectivity index (χ0) is 9.26. The van der Waals surface area contributed by atoms with E-state index >= 15 is 0 Å². The number of halogens is 1. The van der Waals surface area contributed by atoms with E-state index in [9.17, 15) is 4.39 Å². The fourth-order valence-corrected chi connectivity index (χ4v) is 1.99. The third-order valence-corrected chi connectivity index (χ3v) is 2.82. The van der Waals surface area contributed by atoms with Gasteiger partial charge in [-0.2, -0.15) is 0 Å². The Morgan fingerprint density at radius 3 is 3.23 bits per heavy atom. The largest absolute Gasteiger partial charge is 0.312 e. The molecule has 1 heterocycles. The van der Waals surface area contributed by atoms with Crippen LogP contribution >= 0.6 is 0 Å². The summed E-state index contributed by atoms with van der Waals surface area (Å²) in [6.45, 7) is 1.86. The molecule has 0 bridgehead atoms. The lowest BCUT2D eigenvalue weighted by Crippen LogP contribution is -2.33. The van der Waals surface area contributed by atoms with Gasteiger partial charge in [-0.15, -0.1) is 0 Å². The average molecular weight is 182 g/mol. The van der Waals surface area contributed by atoms with Crippen molar-refractivity contribution in [2.75, 3.05) is 20.1 Å². The van der Waals surface area contributed by atoms with Crippen LogP contribution in [0.4, 0.5) is 4.39 Å². The minimum atomic E-state index is -0.0863. The number of rotatable bonds is 1. The highest BCUT2D eigenvalue weighted by Crippen LogP contribution is 2.28. The Labute approximate surface area is 77.9 Å². The maximum atomic E-state index is 13.4. The van der Waals surface area contributed by atoms with Gasteiger partial charge in [0.05, 0.1) is 6.04 Å². The fraction of sp³-hybridized carbons (Fsp3) is 0.600. The van der Waals surface area contributed by atoms with Crippen LogP contribution in [0.1, 0.15) is 12.8 Å². The van der Waals surface area contributed by atoms with Gasteiger partial charge in [-0.1, -0.05) is 5.57 Å². The third kappa shape index (κ3) is 1.67. The van der Waals surface area contributed by atoms with E-state index in [0.717, 1.165) is 31.5 Å². The summed E-state index contributed by atoms with van der Waals surface area (Å²) in [7, 11) is 1.81. The van der Waals surface area contributed by atoms with E-state index < -0.39 is 0 Å². The third-order valence-electron chi connectivity index (χ3n) is 2.82. The predicted molar refractivity (Wildman–Crippen MR) is 51.2 cm³/mol. The van der Waals surface area contributed by atoms with E-state index in [4.69, 9.17) is 0 Å². The molecule has 1 unspecified atom stereocenters. The van der Waals surface area contributed by atoms with Gasteiger partial charge in [0.15, 0.2) is 0 Å². The zero-order valence-corrected chi connectivity index (χ0v) is 7.86. The highest BCUT2D eigenvalue weighted by Gasteiger charge is 2.23. The monoisotopic (exact) mass is 182 g/mol. The molecule has 0 amide bonds. The molecular weight excluding hydrogens is 167 g/mol. The molecule has 0 aromatic heterocycles. The second kappa shape index (κ2) is 3.60. The van der Waals surface area contributed by atoms with Crippen LogP contribution in [0.2, 0.25) is 0 Å². The molecule has 72 valence electrons. The summed E-state index contributed by atoms with van der Waals surface area (Å²) in [5, 5.41) is 6.24. The van der Waals surface area contributed by atoms with Crippen LogP contribution in [0, 0.1) is 0 Å². The van der Waals surface area contributed by atoms with Gasteiger partial charge in [-0.05, 0) is 38.1 Å². The number of nitrogens with one attached hydrogen (secondary N) is 2. The van der Waals surface area contributed by atoms with Crippen molar-refractivity contribution in [1.29, 1.82) is 0 Å². The van der Waals surface area contributed by atoms with Crippen molar-refractivity contribution in [2.24, 2.45) is 0 Å². The van der Waals surface area contributed by atoms with Crippen molar-refractivity contribution in [1.82, 2.24) is 10.6 Å². The van der Waals surface area contributed by atoms with E-state index in [1.807, 2.05) is 7.05 Å². The van der Waals surface area contributed by atoms with Crippen LogP contribution in [-0.2, 0) is 0 Å². The Morgan fingerprint density at radius 2 is 2.46 bits per heavy atom. The van der Waals surface area contributed by atoms with Crippen LogP contribution in [0.25, 0.3) is 0 Å². The van der Waals surface area contributed by atoms with Gasteiger partial charge in [0, 0.05) is 6.54 Å². The first-order chi connectivity index (χ1) is 6.31. The maximum absolute atomic E-state index is 13.4. The number of likely N-dealkylation sites (N-methyl/N-ethyl adjacent to an activating group) is 1. The van der Waals surface area contributed by atoms with Crippen molar-refractivity contribution in [3.63, 3.8) is 0 Å². The van der Waals surface area contributed by atoms with Crippen LogP contribution in [0.5, 0.6) is 0 Å². The Balaban J connectivity index is 2.21. The predicted octanol–water partition coefficient (Wildman–Crippen LogP) is 1.12. The van der Waals surface area contributed by atoms with Crippen LogP contribution in [-0.4, -0.2) is 26.2 Å². The summed E-state index contributed by atoms with van der Waals surface area (Å²) in [4.78, 5) is 0. The maximum Gasteiger partial charge on any atom is 0.117 e. The van der Waals surface area contributed by atoms with Gasteiger partial charge in [0.25, 0.3) is 0 Å². The molecule has 0 radical (unpaired) electrons. The molecule has 0 aromatic rings. The standard InChI is InChI=1S/C10H15FN2/c1-12-10-5-7-2-3-13-6-8(7)4-9(10)11/h4,10,12-13H,2-3,5-6H2,1H3. The molecule has 13 heavy (non-hydrogen) atoms. The van der Waals surface area contributed by atoms with Gasteiger partial charge >= 0.3 is 0 Å². The Morgan fingerprint density at radius 1 is 1.62 bits per heavy atom. The zero-order valence-electron chi connectivity index (χ0n) is 7.86. The Bertz CT molecular complexity index is 268. The molecule has 0 aromatic carbocycles. The fourth-order valence-electron chi connectivity index (χ4n) is 1.99. The lowest BCUT2D eigenvalue weighted by molar-refractivity contribution is 0.465. The van der Waals surface area contributed by atoms with E-state index in [0.29, 0.717) is 0 Å². The molecule has 2 rings (SSSR count). The molecule has 0 fully saturated rings. The first kappa shape index (κ1) is 8.91. The SMILES string of the molecule is CNC1CC2=C(C=C1F)CNCC2. The second-order valence-corrected chi connectivity index (χ2v) is 3.63. The molecule has 2 N–H and O–H groups in total. The van der Waals surface area contributed by atoms with Gasteiger partial charge in [0.1, 0.15) is 5.83 Å². The minimum absolute atomic E-state index is 0.0232. The van der Waals surface area contributed by atoms with Crippen molar-refractivity contribution in [2.45, 2.75) is 18.9 Å². The lowest BCUT2D eigenvalue weighted by atomic mass is 9.89. The molecule has 2 aliphatic rings. The van der Waals surface area contributed by atoms with E-state index in [1.54, 1.807) is 6.08 Å². The van der Waals surface area contributed by atoms with Crippen molar-refractivity contribution >= 4 is 0 Å². The smallest absolute Gasteiger partial charge is 0.117 e. The molecule has 2 nitrogen and oxygen atoms in total. The molecule has 1 aliphatic heterocycles.